The van der Waals surface area contributed by atoms with Gasteiger partial charge in [-0.25, -0.2) is 0 Å². The van der Waals surface area contributed by atoms with Crippen LogP contribution < -0.4 is 5.32 Å². The number of aliphatic carboxylic acids is 1. The van der Waals surface area contributed by atoms with Crippen LogP contribution in [0, 0.1) is 0 Å². The lowest BCUT2D eigenvalue weighted by Gasteiger charge is -2.20. The largest absolute Gasteiger partial charge is 0.480 e. The molecule has 0 aliphatic heterocycles. The summed E-state index contributed by atoms with van der Waals surface area (Å²) in [6, 6.07) is 13.7. The molecule has 1 saturated carbocycles. The van der Waals surface area contributed by atoms with Gasteiger partial charge >= 0.3 is 5.97 Å². The van der Waals surface area contributed by atoms with Crippen LogP contribution >= 0.6 is 0 Å². The highest BCUT2D eigenvalue weighted by Crippen LogP contribution is 2.24. The molecule has 3 nitrogen and oxygen atoms in total. The lowest BCUT2D eigenvalue weighted by Crippen LogP contribution is -2.35. The van der Waals surface area contributed by atoms with Gasteiger partial charge in [0.15, 0.2) is 0 Å². The molecule has 0 heterocycles. The summed E-state index contributed by atoms with van der Waals surface area (Å²) in [5.74, 6) is -0.799. The van der Waals surface area contributed by atoms with Crippen molar-refractivity contribution >= 4 is 16.7 Å². The van der Waals surface area contributed by atoms with E-state index in [1.165, 1.54) is 12.8 Å². The molecule has 0 radical (unpaired) electrons. The quantitative estimate of drug-likeness (QED) is 0.893. The van der Waals surface area contributed by atoms with E-state index < -0.39 is 12.0 Å². The summed E-state index contributed by atoms with van der Waals surface area (Å²) >= 11 is 0. The normalized spacial score (nSPS) is 17.4. The van der Waals surface area contributed by atoms with E-state index in [4.69, 9.17) is 0 Å². The molecule has 2 aromatic carbocycles. The summed E-state index contributed by atoms with van der Waals surface area (Å²) in [7, 11) is 0. The SMILES string of the molecule is O=C(O)C(NC1CCCC1)c1ccc2ccccc2c1. The molecule has 0 amide bonds. The number of nitrogens with one attached hydrogen (secondary N) is 1. The average Bonchev–Trinajstić information content (AvgIpc) is 2.97. The zero-order valence-corrected chi connectivity index (χ0v) is 11.4. The lowest BCUT2D eigenvalue weighted by molar-refractivity contribution is -0.139. The molecule has 2 N–H and O–H groups in total. The van der Waals surface area contributed by atoms with Crippen molar-refractivity contribution in [2.24, 2.45) is 0 Å². The van der Waals surface area contributed by atoms with Gasteiger partial charge in [-0.2, -0.15) is 0 Å². The van der Waals surface area contributed by atoms with Gasteiger partial charge in [-0.3, -0.25) is 10.1 Å². The first-order valence-electron chi connectivity index (χ1n) is 7.21. The summed E-state index contributed by atoms with van der Waals surface area (Å²) in [6.07, 6.45) is 4.55. The van der Waals surface area contributed by atoms with Crippen LogP contribution in [0.1, 0.15) is 37.3 Å². The standard InChI is InChI=1S/C17H19NO2/c19-17(20)16(18-15-7-3-4-8-15)14-10-9-12-5-1-2-6-13(12)11-14/h1-2,5-6,9-11,15-16,18H,3-4,7-8H2,(H,19,20). The molecule has 0 aromatic heterocycles. The smallest absolute Gasteiger partial charge is 0.325 e. The Kier molecular flexibility index (Phi) is 3.70. The molecule has 20 heavy (non-hydrogen) atoms. The number of carbonyl (C=O) groups is 1. The third-order valence-electron chi connectivity index (χ3n) is 4.11. The van der Waals surface area contributed by atoms with Crippen LogP contribution in [0.4, 0.5) is 0 Å². The highest BCUT2D eigenvalue weighted by molar-refractivity contribution is 5.85. The summed E-state index contributed by atoms with van der Waals surface area (Å²) < 4.78 is 0. The fourth-order valence-corrected chi connectivity index (χ4v) is 3.03. The first-order valence-corrected chi connectivity index (χ1v) is 7.21. The fraction of sp³-hybridized carbons (Fsp3) is 0.353. The molecule has 0 bridgehead atoms. The summed E-state index contributed by atoms with van der Waals surface area (Å²) in [5, 5.41) is 15.0. The minimum absolute atomic E-state index is 0.336. The Morgan fingerprint density at radius 1 is 1.10 bits per heavy atom. The zero-order chi connectivity index (χ0) is 13.9. The van der Waals surface area contributed by atoms with Crippen molar-refractivity contribution in [2.45, 2.75) is 37.8 Å². The second-order valence-corrected chi connectivity index (χ2v) is 5.53. The van der Waals surface area contributed by atoms with Crippen molar-refractivity contribution in [3.63, 3.8) is 0 Å². The predicted molar refractivity (Wildman–Crippen MR) is 79.7 cm³/mol. The summed E-state index contributed by atoms with van der Waals surface area (Å²) in [5.41, 5.74) is 0.836. The number of benzene rings is 2. The van der Waals surface area contributed by atoms with Crippen molar-refractivity contribution in [3.8, 4) is 0 Å². The third-order valence-corrected chi connectivity index (χ3v) is 4.11. The van der Waals surface area contributed by atoms with Gasteiger partial charge in [-0.05, 0) is 35.2 Å². The predicted octanol–water partition coefficient (Wildman–Crippen LogP) is 3.50. The highest BCUT2D eigenvalue weighted by atomic mass is 16.4. The van der Waals surface area contributed by atoms with Crippen LogP contribution in [0.5, 0.6) is 0 Å². The molecule has 1 atom stereocenters. The van der Waals surface area contributed by atoms with E-state index in [0.29, 0.717) is 6.04 Å². The molecule has 2 aromatic rings. The van der Waals surface area contributed by atoms with Crippen molar-refractivity contribution in [3.05, 3.63) is 48.0 Å². The second-order valence-electron chi connectivity index (χ2n) is 5.53. The number of fused-ring (bicyclic) bond motifs is 1. The molecular weight excluding hydrogens is 250 g/mol. The van der Waals surface area contributed by atoms with E-state index in [-0.39, 0.29) is 0 Å². The van der Waals surface area contributed by atoms with Crippen molar-refractivity contribution < 1.29 is 9.90 Å². The summed E-state index contributed by atoms with van der Waals surface area (Å²) in [4.78, 5) is 11.6. The Morgan fingerprint density at radius 3 is 2.50 bits per heavy atom. The number of carboxylic acids is 1. The number of hydrogen-bond donors (Lipinski definition) is 2. The van der Waals surface area contributed by atoms with E-state index in [2.05, 4.69) is 5.32 Å². The molecule has 0 saturated heterocycles. The fourth-order valence-electron chi connectivity index (χ4n) is 3.03. The Bertz CT molecular complexity index is 617. The van der Waals surface area contributed by atoms with Crippen LogP contribution in [0.3, 0.4) is 0 Å². The minimum atomic E-state index is -0.799. The first kappa shape index (κ1) is 13.1. The third kappa shape index (κ3) is 2.68. The molecule has 3 heteroatoms. The van der Waals surface area contributed by atoms with Gasteiger partial charge in [-0.1, -0.05) is 49.2 Å². The maximum Gasteiger partial charge on any atom is 0.325 e. The molecule has 1 fully saturated rings. The van der Waals surface area contributed by atoms with E-state index in [9.17, 15) is 9.90 Å². The molecule has 3 rings (SSSR count). The number of carboxylic acid groups (broad SMARTS) is 1. The minimum Gasteiger partial charge on any atom is -0.480 e. The van der Waals surface area contributed by atoms with Gasteiger partial charge in [0, 0.05) is 6.04 Å². The second kappa shape index (κ2) is 5.63. The van der Waals surface area contributed by atoms with Gasteiger partial charge in [0.1, 0.15) is 6.04 Å². The van der Waals surface area contributed by atoms with Gasteiger partial charge in [0.05, 0.1) is 0 Å². The Morgan fingerprint density at radius 2 is 1.80 bits per heavy atom. The Balaban J connectivity index is 1.89. The van der Waals surface area contributed by atoms with Crippen molar-refractivity contribution in [2.75, 3.05) is 0 Å². The van der Waals surface area contributed by atoms with Crippen LogP contribution in [0.2, 0.25) is 0 Å². The maximum absolute atomic E-state index is 11.6. The molecule has 1 aliphatic carbocycles. The monoisotopic (exact) mass is 269 g/mol. The number of rotatable bonds is 4. The van der Waals surface area contributed by atoms with Crippen molar-refractivity contribution in [1.82, 2.24) is 5.32 Å². The molecular formula is C17H19NO2. The Labute approximate surface area is 118 Å². The van der Waals surface area contributed by atoms with Gasteiger partial charge in [0.25, 0.3) is 0 Å². The van der Waals surface area contributed by atoms with E-state index in [1.54, 1.807) is 0 Å². The van der Waals surface area contributed by atoms with Crippen molar-refractivity contribution in [1.29, 1.82) is 0 Å². The number of hydrogen-bond acceptors (Lipinski definition) is 2. The lowest BCUT2D eigenvalue weighted by atomic mass is 10.0. The molecule has 1 unspecified atom stereocenters. The average molecular weight is 269 g/mol. The topological polar surface area (TPSA) is 49.3 Å². The Hall–Kier alpha value is -1.87. The highest BCUT2D eigenvalue weighted by Gasteiger charge is 2.25. The molecule has 0 spiro atoms. The van der Waals surface area contributed by atoms with Crippen LogP contribution in [-0.2, 0) is 4.79 Å². The van der Waals surface area contributed by atoms with E-state index >= 15 is 0 Å². The summed E-state index contributed by atoms with van der Waals surface area (Å²) in [6.45, 7) is 0. The van der Waals surface area contributed by atoms with E-state index in [1.807, 2.05) is 42.5 Å². The maximum atomic E-state index is 11.6. The van der Waals surface area contributed by atoms with Gasteiger partial charge in [-0.15, -0.1) is 0 Å². The zero-order valence-electron chi connectivity index (χ0n) is 11.4. The first-order chi connectivity index (χ1) is 9.74. The van der Waals surface area contributed by atoms with Gasteiger partial charge in [0.2, 0.25) is 0 Å². The molecule has 1 aliphatic rings. The van der Waals surface area contributed by atoms with Crippen LogP contribution in [-0.4, -0.2) is 17.1 Å². The van der Waals surface area contributed by atoms with Crippen LogP contribution in [0.25, 0.3) is 10.8 Å². The molecule has 104 valence electrons. The van der Waals surface area contributed by atoms with Gasteiger partial charge < -0.3 is 5.11 Å². The van der Waals surface area contributed by atoms with Crippen LogP contribution in [0.15, 0.2) is 42.5 Å². The van der Waals surface area contributed by atoms with E-state index in [0.717, 1.165) is 29.2 Å².